The van der Waals surface area contributed by atoms with Gasteiger partial charge in [-0.25, -0.2) is 4.98 Å². The number of thiazole rings is 1. The van der Waals surface area contributed by atoms with E-state index in [2.05, 4.69) is 10.3 Å². The van der Waals surface area contributed by atoms with E-state index in [0.717, 1.165) is 27.6 Å². The molecule has 1 atom stereocenters. The van der Waals surface area contributed by atoms with Gasteiger partial charge >= 0.3 is 0 Å². The molecule has 0 unspecified atom stereocenters. The molecule has 1 aliphatic heterocycles. The Hall–Kier alpha value is -2.18. The summed E-state index contributed by atoms with van der Waals surface area (Å²) in [6.07, 6.45) is 0.769. The number of hydrogen-bond donors (Lipinski definition) is 1. The summed E-state index contributed by atoms with van der Waals surface area (Å²) in [6, 6.07) is 11.8. The largest absolute Gasteiger partial charge is 0.493 e. The molecule has 0 aliphatic carbocycles. The van der Waals surface area contributed by atoms with Gasteiger partial charge in [0.15, 0.2) is 0 Å². The Morgan fingerprint density at radius 2 is 2.13 bits per heavy atom. The average molecular weight is 342 g/mol. The number of aromatic nitrogens is 1. The van der Waals surface area contributed by atoms with E-state index in [4.69, 9.17) is 4.74 Å². The molecule has 3 aromatic rings. The van der Waals surface area contributed by atoms with Gasteiger partial charge in [-0.3, -0.25) is 4.79 Å². The lowest BCUT2D eigenvalue weighted by Crippen LogP contribution is -2.32. The summed E-state index contributed by atoms with van der Waals surface area (Å²) in [4.78, 5) is 18.0. The molecule has 6 heteroatoms. The lowest BCUT2D eigenvalue weighted by atomic mass is 10.0. The molecule has 23 heavy (non-hydrogen) atoms. The molecule has 0 bridgehead atoms. The van der Waals surface area contributed by atoms with E-state index in [0.29, 0.717) is 12.3 Å². The van der Waals surface area contributed by atoms with E-state index < -0.39 is 0 Å². The highest BCUT2D eigenvalue weighted by Gasteiger charge is 2.24. The van der Waals surface area contributed by atoms with Crippen molar-refractivity contribution in [3.8, 4) is 15.6 Å². The summed E-state index contributed by atoms with van der Waals surface area (Å²) in [5.74, 6) is 0.715. The monoisotopic (exact) mass is 342 g/mol. The molecular weight excluding hydrogens is 328 g/mol. The van der Waals surface area contributed by atoms with Crippen molar-refractivity contribution in [2.75, 3.05) is 6.61 Å². The maximum absolute atomic E-state index is 12.5. The van der Waals surface area contributed by atoms with Gasteiger partial charge < -0.3 is 10.1 Å². The molecule has 0 saturated carbocycles. The highest BCUT2D eigenvalue weighted by molar-refractivity contribution is 7.20. The van der Waals surface area contributed by atoms with Gasteiger partial charge in [0.05, 0.1) is 17.5 Å². The summed E-state index contributed by atoms with van der Waals surface area (Å²) in [5.41, 5.74) is 1.50. The number of benzene rings is 1. The summed E-state index contributed by atoms with van der Waals surface area (Å²) >= 11 is 3.12. The maximum atomic E-state index is 12.5. The Labute approximate surface area is 141 Å². The Morgan fingerprint density at radius 1 is 1.22 bits per heavy atom. The number of hydrogen-bond acceptors (Lipinski definition) is 5. The van der Waals surface area contributed by atoms with Crippen molar-refractivity contribution in [2.45, 2.75) is 12.5 Å². The lowest BCUT2D eigenvalue weighted by Gasteiger charge is -2.26. The van der Waals surface area contributed by atoms with Crippen LogP contribution in [0.3, 0.4) is 0 Å². The van der Waals surface area contributed by atoms with Crippen molar-refractivity contribution in [3.63, 3.8) is 0 Å². The molecule has 4 rings (SSSR count). The molecule has 0 fully saturated rings. The zero-order valence-electron chi connectivity index (χ0n) is 12.2. The van der Waals surface area contributed by atoms with Crippen molar-refractivity contribution < 1.29 is 9.53 Å². The van der Waals surface area contributed by atoms with Crippen LogP contribution in [0.25, 0.3) is 9.88 Å². The summed E-state index contributed by atoms with van der Waals surface area (Å²) < 4.78 is 5.63. The molecule has 0 saturated heterocycles. The fraction of sp³-hybridized carbons (Fsp3) is 0.176. The Morgan fingerprint density at radius 3 is 3.00 bits per heavy atom. The number of ether oxygens (including phenoxy) is 1. The molecule has 0 radical (unpaired) electrons. The van der Waals surface area contributed by atoms with Gasteiger partial charge in [0, 0.05) is 17.4 Å². The van der Waals surface area contributed by atoms with Crippen molar-refractivity contribution >= 4 is 28.6 Å². The smallest absolute Gasteiger partial charge is 0.271 e. The van der Waals surface area contributed by atoms with Crippen LogP contribution in [0.4, 0.5) is 0 Å². The molecule has 1 N–H and O–H groups in total. The topological polar surface area (TPSA) is 51.2 Å². The molecule has 116 valence electrons. The van der Waals surface area contributed by atoms with Crippen LogP contribution in [0.1, 0.15) is 28.5 Å². The molecule has 2 aromatic heterocycles. The zero-order valence-corrected chi connectivity index (χ0v) is 13.8. The van der Waals surface area contributed by atoms with Crippen LogP contribution in [-0.2, 0) is 0 Å². The number of rotatable bonds is 3. The van der Waals surface area contributed by atoms with Gasteiger partial charge in [-0.05, 0) is 17.5 Å². The van der Waals surface area contributed by atoms with E-state index in [1.165, 1.54) is 11.3 Å². The molecule has 1 amide bonds. The van der Waals surface area contributed by atoms with Crippen LogP contribution in [-0.4, -0.2) is 17.5 Å². The molecule has 4 nitrogen and oxygen atoms in total. The standard InChI is InChI=1S/C17H14N2O2S2/c20-16(13-10-23-17(19-13)15-6-3-9-22-15)18-12-7-8-21-14-5-2-1-4-11(12)14/h1-6,9-10,12H,7-8H2,(H,18,20)/t12-/m1/s1. The first-order chi connectivity index (χ1) is 11.3. The average Bonchev–Trinajstić information content (AvgIpc) is 3.26. The van der Waals surface area contributed by atoms with Gasteiger partial charge in [-0.1, -0.05) is 24.3 Å². The van der Waals surface area contributed by atoms with E-state index in [-0.39, 0.29) is 11.9 Å². The second-order valence-corrected chi connectivity index (χ2v) is 7.02. The minimum atomic E-state index is -0.134. The molecule has 3 heterocycles. The molecule has 0 spiro atoms. The zero-order chi connectivity index (χ0) is 15.6. The molecule has 1 aromatic carbocycles. The van der Waals surface area contributed by atoms with E-state index in [1.54, 1.807) is 11.3 Å². The third-order valence-corrected chi connectivity index (χ3v) is 5.61. The fourth-order valence-corrected chi connectivity index (χ4v) is 4.23. The van der Waals surface area contributed by atoms with E-state index in [1.807, 2.05) is 47.2 Å². The maximum Gasteiger partial charge on any atom is 0.271 e. The quantitative estimate of drug-likeness (QED) is 0.779. The van der Waals surface area contributed by atoms with Gasteiger partial charge in [-0.15, -0.1) is 22.7 Å². The predicted molar refractivity (Wildman–Crippen MR) is 92.2 cm³/mol. The number of thiophene rings is 1. The van der Waals surface area contributed by atoms with Crippen LogP contribution in [0.2, 0.25) is 0 Å². The summed E-state index contributed by atoms with van der Waals surface area (Å²) in [5, 5.41) is 7.79. The number of nitrogens with zero attached hydrogens (tertiary/aromatic N) is 1. The van der Waals surface area contributed by atoms with Gasteiger partial charge in [-0.2, -0.15) is 0 Å². The lowest BCUT2D eigenvalue weighted by molar-refractivity contribution is 0.0920. The normalized spacial score (nSPS) is 16.4. The summed E-state index contributed by atoms with van der Waals surface area (Å²) in [6.45, 7) is 0.611. The minimum Gasteiger partial charge on any atom is -0.493 e. The van der Waals surface area contributed by atoms with Gasteiger partial charge in [0.25, 0.3) is 5.91 Å². The SMILES string of the molecule is O=C(N[C@@H]1CCOc2ccccc21)c1csc(-c2cccs2)n1. The van der Waals surface area contributed by atoms with Gasteiger partial charge in [0.1, 0.15) is 16.5 Å². The third kappa shape index (κ3) is 2.87. The van der Waals surface area contributed by atoms with Crippen LogP contribution >= 0.6 is 22.7 Å². The van der Waals surface area contributed by atoms with Crippen molar-refractivity contribution in [1.82, 2.24) is 10.3 Å². The van der Waals surface area contributed by atoms with Crippen molar-refractivity contribution in [2.24, 2.45) is 0 Å². The number of fused-ring (bicyclic) bond motifs is 1. The molecule has 1 aliphatic rings. The molecular formula is C17H14N2O2S2. The number of para-hydroxylation sites is 1. The van der Waals surface area contributed by atoms with Crippen molar-refractivity contribution in [1.29, 1.82) is 0 Å². The van der Waals surface area contributed by atoms with Crippen LogP contribution in [0, 0.1) is 0 Å². The van der Waals surface area contributed by atoms with Crippen LogP contribution in [0.15, 0.2) is 47.2 Å². The summed E-state index contributed by atoms with van der Waals surface area (Å²) in [7, 11) is 0. The number of nitrogens with one attached hydrogen (secondary N) is 1. The first-order valence-corrected chi connectivity index (χ1v) is 9.09. The van der Waals surface area contributed by atoms with Gasteiger partial charge in [0.2, 0.25) is 0 Å². The number of carbonyl (C=O) groups is 1. The Bertz CT molecular complexity index is 827. The second kappa shape index (κ2) is 6.14. The third-order valence-electron chi connectivity index (χ3n) is 3.73. The van der Waals surface area contributed by atoms with Crippen LogP contribution < -0.4 is 10.1 Å². The van der Waals surface area contributed by atoms with Crippen molar-refractivity contribution in [3.05, 3.63) is 58.4 Å². The second-order valence-electron chi connectivity index (χ2n) is 5.22. The first kappa shape index (κ1) is 14.4. The van der Waals surface area contributed by atoms with E-state index >= 15 is 0 Å². The predicted octanol–water partition coefficient (Wildman–Crippen LogP) is 4.13. The number of carbonyl (C=O) groups excluding carboxylic acids is 1. The first-order valence-electron chi connectivity index (χ1n) is 7.33. The Balaban J connectivity index is 1.53. The fourth-order valence-electron chi connectivity index (χ4n) is 2.62. The minimum absolute atomic E-state index is 0.0284. The Kier molecular flexibility index (Phi) is 3.85. The number of amides is 1. The highest BCUT2D eigenvalue weighted by Crippen LogP contribution is 2.32. The van der Waals surface area contributed by atoms with Crippen LogP contribution in [0.5, 0.6) is 5.75 Å². The van der Waals surface area contributed by atoms with E-state index in [9.17, 15) is 4.79 Å². The highest BCUT2D eigenvalue weighted by atomic mass is 32.1.